The number of halogens is 2. The predicted molar refractivity (Wildman–Crippen MR) is 57.3 cm³/mol. The van der Waals surface area contributed by atoms with Crippen LogP contribution in [0, 0.1) is 0 Å². The Kier molecular flexibility index (Phi) is 2.62. The third-order valence-electron chi connectivity index (χ3n) is 2.03. The minimum absolute atomic E-state index is 0.0192. The molecule has 0 aliphatic carbocycles. The largest absolute Gasteiger partial charge is 0.492 e. The SMILES string of the molecule is O[C@@H]1c2cc(Br)ccc2OC[C@H]1Br. The molecule has 1 aliphatic heterocycles. The second-order valence-corrected chi connectivity index (χ2v) is 5.05. The summed E-state index contributed by atoms with van der Waals surface area (Å²) in [7, 11) is 0. The van der Waals surface area contributed by atoms with Crippen LogP contribution in [0.3, 0.4) is 0 Å². The van der Waals surface area contributed by atoms with Gasteiger partial charge in [0.25, 0.3) is 0 Å². The fraction of sp³-hybridized carbons (Fsp3) is 0.333. The van der Waals surface area contributed by atoms with Crippen LogP contribution in [0.1, 0.15) is 11.7 Å². The maximum absolute atomic E-state index is 9.81. The van der Waals surface area contributed by atoms with Gasteiger partial charge in [0.05, 0.1) is 10.9 Å². The molecule has 1 aromatic rings. The van der Waals surface area contributed by atoms with Gasteiger partial charge in [0.15, 0.2) is 0 Å². The van der Waals surface area contributed by atoms with E-state index in [1.165, 1.54) is 0 Å². The number of aliphatic hydroxyl groups excluding tert-OH is 1. The highest BCUT2D eigenvalue weighted by Gasteiger charge is 2.27. The van der Waals surface area contributed by atoms with Gasteiger partial charge in [0.2, 0.25) is 0 Å². The van der Waals surface area contributed by atoms with E-state index in [0.29, 0.717) is 6.61 Å². The van der Waals surface area contributed by atoms with Crippen LogP contribution in [0.5, 0.6) is 5.75 Å². The summed E-state index contributed by atoms with van der Waals surface area (Å²) in [5, 5.41) is 9.81. The molecule has 0 unspecified atom stereocenters. The Hall–Kier alpha value is -0.0600. The van der Waals surface area contributed by atoms with E-state index in [4.69, 9.17) is 4.74 Å². The summed E-state index contributed by atoms with van der Waals surface area (Å²) in [6.45, 7) is 0.510. The van der Waals surface area contributed by atoms with Gasteiger partial charge in [-0.1, -0.05) is 31.9 Å². The second kappa shape index (κ2) is 3.59. The van der Waals surface area contributed by atoms with E-state index >= 15 is 0 Å². The van der Waals surface area contributed by atoms with Crippen molar-refractivity contribution in [3.63, 3.8) is 0 Å². The molecule has 0 saturated heterocycles. The summed E-state index contributed by atoms with van der Waals surface area (Å²) in [6, 6.07) is 5.65. The zero-order valence-electron chi connectivity index (χ0n) is 6.71. The summed E-state index contributed by atoms with van der Waals surface area (Å²) in [6.07, 6.45) is -0.485. The first-order chi connectivity index (χ1) is 6.18. The molecular formula is C9H8Br2O2. The van der Waals surface area contributed by atoms with Gasteiger partial charge >= 0.3 is 0 Å². The third-order valence-corrected chi connectivity index (χ3v) is 3.29. The lowest BCUT2D eigenvalue weighted by atomic mass is 10.0. The highest BCUT2D eigenvalue weighted by Crippen LogP contribution is 2.36. The molecule has 0 radical (unpaired) electrons. The van der Waals surface area contributed by atoms with Crippen LogP contribution >= 0.6 is 31.9 Å². The van der Waals surface area contributed by atoms with Gasteiger partial charge in [-0.15, -0.1) is 0 Å². The number of hydrogen-bond donors (Lipinski definition) is 1. The van der Waals surface area contributed by atoms with E-state index in [1.54, 1.807) is 0 Å². The summed E-state index contributed by atoms with van der Waals surface area (Å²) >= 11 is 6.71. The average Bonchev–Trinajstić information content (AvgIpc) is 2.12. The molecule has 0 aromatic heterocycles. The quantitative estimate of drug-likeness (QED) is 0.747. The Morgan fingerprint density at radius 2 is 2.23 bits per heavy atom. The zero-order chi connectivity index (χ0) is 9.42. The molecule has 1 heterocycles. The molecule has 1 aromatic carbocycles. The lowest BCUT2D eigenvalue weighted by molar-refractivity contribution is 0.125. The smallest absolute Gasteiger partial charge is 0.125 e. The molecule has 2 nitrogen and oxygen atoms in total. The van der Waals surface area contributed by atoms with Crippen molar-refractivity contribution in [3.05, 3.63) is 28.2 Å². The number of hydrogen-bond acceptors (Lipinski definition) is 2. The summed E-state index contributed by atoms with van der Waals surface area (Å²) in [5.41, 5.74) is 0.836. The molecule has 4 heteroatoms. The molecule has 2 rings (SSSR count). The van der Waals surface area contributed by atoms with Crippen LogP contribution in [0.4, 0.5) is 0 Å². The Labute approximate surface area is 93.2 Å². The Balaban J connectivity index is 2.45. The lowest BCUT2D eigenvalue weighted by Crippen LogP contribution is -2.25. The molecule has 0 amide bonds. The average molecular weight is 308 g/mol. The fourth-order valence-corrected chi connectivity index (χ4v) is 2.13. The topological polar surface area (TPSA) is 29.5 Å². The minimum atomic E-state index is -0.485. The predicted octanol–water partition coefficient (Wildman–Crippen LogP) is 2.64. The van der Waals surface area contributed by atoms with Crippen molar-refractivity contribution in [2.75, 3.05) is 6.61 Å². The van der Waals surface area contributed by atoms with Gasteiger partial charge in [-0.3, -0.25) is 0 Å². The zero-order valence-corrected chi connectivity index (χ0v) is 9.88. The van der Waals surface area contributed by atoms with Gasteiger partial charge in [-0.05, 0) is 18.2 Å². The van der Waals surface area contributed by atoms with Gasteiger partial charge in [-0.25, -0.2) is 0 Å². The lowest BCUT2D eigenvalue weighted by Gasteiger charge is -2.26. The number of benzene rings is 1. The Morgan fingerprint density at radius 1 is 1.46 bits per heavy atom. The third kappa shape index (κ3) is 1.75. The maximum atomic E-state index is 9.81. The molecule has 1 N–H and O–H groups in total. The molecule has 2 atom stereocenters. The van der Waals surface area contributed by atoms with Gasteiger partial charge in [0.1, 0.15) is 12.4 Å². The highest BCUT2D eigenvalue weighted by molar-refractivity contribution is 9.10. The Bertz CT molecular complexity index is 327. The van der Waals surface area contributed by atoms with Gasteiger partial charge in [-0.2, -0.15) is 0 Å². The summed E-state index contributed by atoms with van der Waals surface area (Å²) < 4.78 is 6.39. The molecule has 70 valence electrons. The molecule has 13 heavy (non-hydrogen) atoms. The van der Waals surface area contributed by atoms with Crippen molar-refractivity contribution in [2.24, 2.45) is 0 Å². The minimum Gasteiger partial charge on any atom is -0.492 e. The molecule has 0 fully saturated rings. The molecule has 0 saturated carbocycles. The first-order valence-electron chi connectivity index (χ1n) is 3.93. The molecular weight excluding hydrogens is 300 g/mol. The number of fused-ring (bicyclic) bond motifs is 1. The maximum Gasteiger partial charge on any atom is 0.125 e. The van der Waals surface area contributed by atoms with Crippen molar-refractivity contribution >= 4 is 31.9 Å². The van der Waals surface area contributed by atoms with E-state index in [9.17, 15) is 5.11 Å². The molecule has 1 aliphatic rings. The van der Waals surface area contributed by atoms with Crippen LogP contribution in [0.2, 0.25) is 0 Å². The van der Waals surface area contributed by atoms with E-state index in [1.807, 2.05) is 18.2 Å². The van der Waals surface area contributed by atoms with Gasteiger partial charge < -0.3 is 9.84 Å². The summed E-state index contributed by atoms with van der Waals surface area (Å²) in [5.74, 6) is 0.770. The van der Waals surface area contributed by atoms with Crippen LogP contribution in [-0.2, 0) is 0 Å². The van der Waals surface area contributed by atoms with Gasteiger partial charge in [0, 0.05) is 10.0 Å². The van der Waals surface area contributed by atoms with Crippen molar-refractivity contribution in [1.29, 1.82) is 0 Å². The van der Waals surface area contributed by atoms with E-state index < -0.39 is 6.10 Å². The van der Waals surface area contributed by atoms with E-state index in [0.717, 1.165) is 15.8 Å². The normalized spacial score (nSPS) is 26.4. The summed E-state index contributed by atoms with van der Waals surface area (Å²) in [4.78, 5) is -0.0192. The van der Waals surface area contributed by atoms with Crippen LogP contribution < -0.4 is 4.74 Å². The van der Waals surface area contributed by atoms with Crippen molar-refractivity contribution < 1.29 is 9.84 Å². The van der Waals surface area contributed by atoms with Crippen molar-refractivity contribution in [2.45, 2.75) is 10.9 Å². The monoisotopic (exact) mass is 306 g/mol. The van der Waals surface area contributed by atoms with Crippen molar-refractivity contribution in [3.8, 4) is 5.75 Å². The Morgan fingerprint density at radius 3 is 3.00 bits per heavy atom. The first-order valence-corrected chi connectivity index (χ1v) is 5.64. The van der Waals surface area contributed by atoms with E-state index in [-0.39, 0.29) is 4.83 Å². The standard InChI is InChI=1S/C9H8Br2O2/c10-5-1-2-8-6(3-5)9(12)7(11)4-13-8/h1-3,7,9,12H,4H2/t7-,9-/m1/s1. The van der Waals surface area contributed by atoms with Crippen LogP contribution in [0.25, 0.3) is 0 Å². The second-order valence-electron chi connectivity index (χ2n) is 2.95. The van der Waals surface area contributed by atoms with E-state index in [2.05, 4.69) is 31.9 Å². The number of aliphatic hydroxyl groups is 1. The molecule has 0 bridgehead atoms. The number of ether oxygens (including phenoxy) is 1. The number of alkyl halides is 1. The number of rotatable bonds is 0. The van der Waals surface area contributed by atoms with Crippen LogP contribution in [0.15, 0.2) is 22.7 Å². The fourth-order valence-electron chi connectivity index (χ4n) is 1.34. The van der Waals surface area contributed by atoms with Crippen molar-refractivity contribution in [1.82, 2.24) is 0 Å². The van der Waals surface area contributed by atoms with Crippen LogP contribution in [-0.4, -0.2) is 16.5 Å². The molecule has 0 spiro atoms. The first kappa shape index (κ1) is 9.49. The highest BCUT2D eigenvalue weighted by atomic mass is 79.9.